The van der Waals surface area contributed by atoms with Crippen molar-refractivity contribution in [3.63, 3.8) is 0 Å². The number of hydrogen-bond acceptors (Lipinski definition) is 4. The maximum atomic E-state index is 12.0. The van der Waals surface area contributed by atoms with Crippen LogP contribution in [0.5, 0.6) is 0 Å². The van der Waals surface area contributed by atoms with Crippen LogP contribution in [0.15, 0.2) is 28.0 Å². The molecule has 2 nitrogen and oxygen atoms in total. The van der Waals surface area contributed by atoms with Gasteiger partial charge in [0.2, 0.25) is 0 Å². The number of halogens is 3. The zero-order valence-electron chi connectivity index (χ0n) is 6.84. The fraction of sp³-hybridized carbons (Fsp3) is 0.143. The lowest BCUT2D eigenvalue weighted by atomic mass is 10.3. The van der Waals surface area contributed by atoms with Gasteiger partial charge in [-0.1, -0.05) is 0 Å². The third kappa shape index (κ3) is 3.32. The molecule has 0 amide bonds. The van der Waals surface area contributed by atoms with E-state index in [1.807, 2.05) is 0 Å². The molecule has 7 heteroatoms. The molecule has 0 aliphatic rings. The summed E-state index contributed by atoms with van der Waals surface area (Å²) in [7, 11) is 0. The van der Waals surface area contributed by atoms with Gasteiger partial charge in [-0.2, -0.15) is 13.2 Å². The van der Waals surface area contributed by atoms with Crippen LogP contribution >= 0.6 is 23.7 Å². The number of nitrogens with two attached hydrogens (primary N) is 2. The highest BCUT2D eigenvalue weighted by Crippen LogP contribution is 2.40. The predicted molar refractivity (Wildman–Crippen MR) is 52.8 cm³/mol. The molecule has 0 bridgehead atoms. The van der Waals surface area contributed by atoms with Crippen molar-refractivity contribution in [2.24, 2.45) is 5.14 Å². The van der Waals surface area contributed by atoms with E-state index in [9.17, 15) is 13.2 Å². The second kappa shape index (κ2) is 4.33. The quantitative estimate of drug-likeness (QED) is 0.474. The van der Waals surface area contributed by atoms with Gasteiger partial charge in [0.1, 0.15) is 0 Å². The topological polar surface area (TPSA) is 52.0 Å². The highest BCUT2D eigenvalue weighted by molar-refractivity contribution is 8.00. The fourth-order valence-electron chi connectivity index (χ4n) is 0.801. The first kappa shape index (κ1) is 11.5. The minimum absolute atomic E-state index is 0.0204. The van der Waals surface area contributed by atoms with E-state index in [1.165, 1.54) is 12.1 Å². The first-order valence-electron chi connectivity index (χ1n) is 3.44. The third-order valence-electron chi connectivity index (χ3n) is 1.35. The Morgan fingerprint density at radius 1 is 1.21 bits per heavy atom. The Hall–Kier alpha value is -0.530. The number of nitrogen functional groups attached to an aromatic ring is 1. The number of anilines is 1. The summed E-state index contributed by atoms with van der Waals surface area (Å²) >= 11 is 0.644. The van der Waals surface area contributed by atoms with E-state index in [0.717, 1.165) is 11.9 Å². The molecule has 0 atom stereocenters. The van der Waals surface area contributed by atoms with Crippen LogP contribution in [0.1, 0.15) is 0 Å². The van der Waals surface area contributed by atoms with E-state index in [0.29, 0.717) is 4.90 Å². The molecule has 0 aliphatic heterocycles. The van der Waals surface area contributed by atoms with Gasteiger partial charge in [0, 0.05) is 15.5 Å². The van der Waals surface area contributed by atoms with Gasteiger partial charge in [0.25, 0.3) is 0 Å². The van der Waals surface area contributed by atoms with Crippen LogP contribution < -0.4 is 10.9 Å². The van der Waals surface area contributed by atoms with Gasteiger partial charge in [-0.15, -0.1) is 0 Å². The van der Waals surface area contributed by atoms with Crippen LogP contribution in [0.3, 0.4) is 0 Å². The average molecular weight is 240 g/mol. The number of thioether (sulfide) groups is 1. The van der Waals surface area contributed by atoms with Gasteiger partial charge in [-0.05, 0) is 41.9 Å². The van der Waals surface area contributed by atoms with Crippen molar-refractivity contribution in [2.45, 2.75) is 15.3 Å². The molecule has 0 spiro atoms. The molecule has 0 aromatic heterocycles. The minimum atomic E-state index is -4.33. The molecule has 0 fully saturated rings. The maximum Gasteiger partial charge on any atom is 0.446 e. The summed E-state index contributed by atoms with van der Waals surface area (Å²) in [6.07, 6.45) is 0. The Labute approximate surface area is 87.4 Å². The van der Waals surface area contributed by atoms with Gasteiger partial charge >= 0.3 is 5.51 Å². The molecule has 0 saturated heterocycles. The molecular formula is C7H7F3N2S2. The van der Waals surface area contributed by atoms with Crippen LogP contribution in [0, 0.1) is 0 Å². The molecular weight excluding hydrogens is 233 g/mol. The van der Waals surface area contributed by atoms with Gasteiger partial charge in [0.05, 0.1) is 0 Å². The SMILES string of the molecule is NSc1ccc(N)c(SC(F)(F)F)c1. The number of benzene rings is 1. The Morgan fingerprint density at radius 3 is 2.36 bits per heavy atom. The second-order valence-electron chi connectivity index (χ2n) is 2.37. The average Bonchev–Trinajstić information content (AvgIpc) is 2.06. The van der Waals surface area contributed by atoms with Gasteiger partial charge in [-0.3, -0.25) is 5.14 Å². The third-order valence-corrected chi connectivity index (χ3v) is 2.68. The number of hydrogen-bond donors (Lipinski definition) is 2. The second-order valence-corrected chi connectivity index (χ2v) is 4.18. The lowest BCUT2D eigenvalue weighted by Gasteiger charge is -2.08. The Kier molecular flexibility index (Phi) is 3.57. The summed E-state index contributed by atoms with van der Waals surface area (Å²) in [6.45, 7) is 0. The van der Waals surface area contributed by atoms with E-state index >= 15 is 0 Å². The summed E-state index contributed by atoms with van der Waals surface area (Å²) in [5.74, 6) is 0. The predicted octanol–water partition coefficient (Wildman–Crippen LogP) is 2.85. The standard InChI is InChI=1S/C7H7F3N2S2/c8-7(9,10)13-6-3-4(14-12)1-2-5(6)11/h1-3H,11-12H2. The van der Waals surface area contributed by atoms with Gasteiger partial charge in [0.15, 0.2) is 0 Å². The fourth-order valence-corrected chi connectivity index (χ4v) is 1.83. The molecule has 78 valence electrons. The lowest BCUT2D eigenvalue weighted by Crippen LogP contribution is -2.01. The summed E-state index contributed by atoms with van der Waals surface area (Å²) < 4.78 is 36.1. The molecule has 0 unspecified atom stereocenters. The largest absolute Gasteiger partial charge is 0.446 e. The van der Waals surface area contributed by atoms with E-state index in [1.54, 1.807) is 6.07 Å². The summed E-state index contributed by atoms with van der Waals surface area (Å²) in [5.41, 5.74) is 1.16. The van der Waals surface area contributed by atoms with Crippen LogP contribution in [0.4, 0.5) is 18.9 Å². The van der Waals surface area contributed by atoms with Crippen LogP contribution in [0.2, 0.25) is 0 Å². The lowest BCUT2D eigenvalue weighted by molar-refractivity contribution is -0.0328. The molecule has 0 aliphatic carbocycles. The van der Waals surface area contributed by atoms with Crippen molar-refractivity contribution in [1.29, 1.82) is 0 Å². The van der Waals surface area contributed by atoms with Crippen molar-refractivity contribution in [3.8, 4) is 0 Å². The molecule has 4 N–H and O–H groups in total. The zero-order valence-corrected chi connectivity index (χ0v) is 8.47. The molecule has 14 heavy (non-hydrogen) atoms. The van der Waals surface area contributed by atoms with Crippen molar-refractivity contribution >= 4 is 29.4 Å². The van der Waals surface area contributed by atoms with E-state index in [4.69, 9.17) is 10.9 Å². The Bertz CT molecular complexity index is 327. The monoisotopic (exact) mass is 240 g/mol. The Morgan fingerprint density at radius 2 is 1.86 bits per heavy atom. The van der Waals surface area contributed by atoms with E-state index in [-0.39, 0.29) is 22.3 Å². The van der Waals surface area contributed by atoms with Crippen molar-refractivity contribution in [2.75, 3.05) is 5.73 Å². The van der Waals surface area contributed by atoms with Crippen LogP contribution in [-0.4, -0.2) is 5.51 Å². The molecule has 1 rings (SSSR count). The smallest absolute Gasteiger partial charge is 0.398 e. The van der Waals surface area contributed by atoms with E-state index < -0.39 is 5.51 Å². The first-order chi connectivity index (χ1) is 6.42. The highest BCUT2D eigenvalue weighted by atomic mass is 32.2. The van der Waals surface area contributed by atoms with E-state index in [2.05, 4.69) is 0 Å². The molecule has 1 aromatic carbocycles. The van der Waals surface area contributed by atoms with Crippen LogP contribution in [0.25, 0.3) is 0 Å². The maximum absolute atomic E-state index is 12.0. The number of rotatable bonds is 2. The first-order valence-corrected chi connectivity index (χ1v) is 5.14. The van der Waals surface area contributed by atoms with Gasteiger partial charge < -0.3 is 5.73 Å². The molecule has 0 radical (unpaired) electrons. The molecule has 1 aromatic rings. The van der Waals surface area contributed by atoms with Crippen molar-refractivity contribution in [3.05, 3.63) is 18.2 Å². The normalized spacial score (nSPS) is 11.7. The summed E-state index contributed by atoms with van der Waals surface area (Å²) in [5, 5.41) is 5.22. The van der Waals surface area contributed by atoms with Crippen LogP contribution in [-0.2, 0) is 0 Å². The van der Waals surface area contributed by atoms with Crippen molar-refractivity contribution < 1.29 is 13.2 Å². The minimum Gasteiger partial charge on any atom is -0.398 e. The summed E-state index contributed by atoms with van der Waals surface area (Å²) in [4.78, 5) is 0.527. The highest BCUT2D eigenvalue weighted by Gasteiger charge is 2.30. The van der Waals surface area contributed by atoms with Crippen molar-refractivity contribution in [1.82, 2.24) is 0 Å². The Balaban J connectivity index is 2.95. The number of alkyl halides is 3. The zero-order chi connectivity index (χ0) is 10.8. The molecule has 0 heterocycles. The summed E-state index contributed by atoms with van der Waals surface area (Å²) in [6, 6.07) is 4.29. The van der Waals surface area contributed by atoms with Gasteiger partial charge in [-0.25, -0.2) is 0 Å². The molecule has 0 saturated carbocycles.